The van der Waals surface area contributed by atoms with Crippen molar-refractivity contribution in [2.24, 2.45) is 0 Å². The van der Waals surface area contributed by atoms with E-state index in [2.05, 4.69) is 9.97 Å². The van der Waals surface area contributed by atoms with E-state index in [0.717, 1.165) is 17.0 Å². The van der Waals surface area contributed by atoms with Gasteiger partial charge in [0, 0.05) is 48.5 Å². The molecule has 0 aliphatic heterocycles. The Balaban J connectivity index is 1.59. The van der Waals surface area contributed by atoms with Crippen LogP contribution in [0.2, 0.25) is 5.02 Å². The number of halogens is 2. The van der Waals surface area contributed by atoms with E-state index in [1.165, 1.54) is 12.1 Å². The Bertz CT molecular complexity index is 1140. The fourth-order valence-corrected chi connectivity index (χ4v) is 3.41. The van der Waals surface area contributed by atoms with Crippen LogP contribution >= 0.6 is 11.6 Å². The van der Waals surface area contributed by atoms with Crippen molar-refractivity contribution in [1.29, 1.82) is 0 Å². The zero-order valence-corrected chi connectivity index (χ0v) is 17.4. The molecule has 4 rings (SSSR count). The predicted octanol–water partition coefficient (Wildman–Crippen LogP) is 4.96. The standard InChI is InChI=1S/C24H20ClFN4O/c25-21-7-5-20(6-8-21)24(31)30(16-19-2-1-11-27-14-19)17-23-28-12-13-29(23)15-18-3-9-22(26)10-4-18/h1-14H,15-17H2. The first kappa shape index (κ1) is 20.8. The Morgan fingerprint density at radius 3 is 2.45 bits per heavy atom. The van der Waals surface area contributed by atoms with Crippen molar-refractivity contribution < 1.29 is 9.18 Å². The maximum absolute atomic E-state index is 13.3. The van der Waals surface area contributed by atoms with Crippen LogP contribution in [0.1, 0.15) is 27.3 Å². The molecular formula is C24H20ClFN4O. The summed E-state index contributed by atoms with van der Waals surface area (Å²) in [4.78, 5) is 23.6. The molecular weight excluding hydrogens is 415 g/mol. The summed E-state index contributed by atoms with van der Waals surface area (Å²) in [6, 6.07) is 17.0. The summed E-state index contributed by atoms with van der Waals surface area (Å²) in [6.07, 6.45) is 7.00. The quantitative estimate of drug-likeness (QED) is 0.413. The van der Waals surface area contributed by atoms with E-state index in [0.29, 0.717) is 30.2 Å². The SMILES string of the molecule is O=C(c1ccc(Cl)cc1)N(Cc1cccnc1)Cc1nccn1Cc1ccc(F)cc1. The number of rotatable bonds is 7. The van der Waals surface area contributed by atoms with Gasteiger partial charge in [0.15, 0.2) is 0 Å². The van der Waals surface area contributed by atoms with Gasteiger partial charge in [-0.05, 0) is 53.6 Å². The summed E-state index contributed by atoms with van der Waals surface area (Å²) in [5.74, 6) is 0.332. The van der Waals surface area contributed by atoms with E-state index in [-0.39, 0.29) is 11.7 Å². The molecule has 156 valence electrons. The molecule has 0 unspecified atom stereocenters. The van der Waals surface area contributed by atoms with Gasteiger partial charge in [-0.2, -0.15) is 0 Å². The largest absolute Gasteiger partial charge is 0.329 e. The minimum atomic E-state index is -0.272. The minimum absolute atomic E-state index is 0.128. The van der Waals surface area contributed by atoms with Crippen molar-refractivity contribution in [3.63, 3.8) is 0 Å². The van der Waals surface area contributed by atoms with Crippen LogP contribution in [0.3, 0.4) is 0 Å². The third-order valence-electron chi connectivity index (χ3n) is 4.87. The van der Waals surface area contributed by atoms with E-state index in [4.69, 9.17) is 11.6 Å². The number of benzene rings is 2. The Kier molecular flexibility index (Phi) is 6.38. The second kappa shape index (κ2) is 9.53. The highest BCUT2D eigenvalue weighted by Crippen LogP contribution is 2.17. The van der Waals surface area contributed by atoms with Gasteiger partial charge in [0.05, 0.1) is 6.54 Å². The van der Waals surface area contributed by atoms with E-state index < -0.39 is 0 Å². The first-order valence-corrected chi connectivity index (χ1v) is 10.1. The lowest BCUT2D eigenvalue weighted by atomic mass is 10.1. The summed E-state index contributed by atoms with van der Waals surface area (Å²) in [5, 5.41) is 0.574. The third kappa shape index (κ3) is 5.35. The fraction of sp³-hybridized carbons (Fsp3) is 0.125. The molecule has 0 aliphatic rings. The van der Waals surface area contributed by atoms with Crippen LogP contribution in [0.25, 0.3) is 0 Å². The number of imidazole rings is 1. The molecule has 0 atom stereocenters. The molecule has 0 bridgehead atoms. The second-order valence-electron chi connectivity index (χ2n) is 7.13. The van der Waals surface area contributed by atoms with Crippen LogP contribution in [0, 0.1) is 5.82 Å². The highest BCUT2D eigenvalue weighted by Gasteiger charge is 2.19. The molecule has 1 amide bonds. The summed E-state index contributed by atoms with van der Waals surface area (Å²) < 4.78 is 15.2. The Morgan fingerprint density at radius 2 is 1.74 bits per heavy atom. The molecule has 0 radical (unpaired) electrons. The van der Waals surface area contributed by atoms with E-state index in [1.807, 2.05) is 22.9 Å². The lowest BCUT2D eigenvalue weighted by Crippen LogP contribution is -2.31. The summed E-state index contributed by atoms with van der Waals surface area (Å²) >= 11 is 5.98. The Hall–Kier alpha value is -3.51. The summed E-state index contributed by atoms with van der Waals surface area (Å²) in [7, 11) is 0. The zero-order valence-electron chi connectivity index (χ0n) is 16.7. The number of aromatic nitrogens is 3. The van der Waals surface area contributed by atoms with Crippen molar-refractivity contribution in [1.82, 2.24) is 19.4 Å². The van der Waals surface area contributed by atoms with Gasteiger partial charge in [0.2, 0.25) is 0 Å². The number of hydrogen-bond acceptors (Lipinski definition) is 3. The van der Waals surface area contributed by atoms with Crippen molar-refractivity contribution in [2.45, 2.75) is 19.6 Å². The topological polar surface area (TPSA) is 51.0 Å². The third-order valence-corrected chi connectivity index (χ3v) is 5.13. The number of amides is 1. The lowest BCUT2D eigenvalue weighted by Gasteiger charge is -2.23. The minimum Gasteiger partial charge on any atom is -0.329 e. The molecule has 0 spiro atoms. The number of pyridine rings is 1. The monoisotopic (exact) mass is 434 g/mol. The average molecular weight is 435 g/mol. The van der Waals surface area contributed by atoms with E-state index in [1.54, 1.807) is 59.9 Å². The van der Waals surface area contributed by atoms with Crippen molar-refractivity contribution >= 4 is 17.5 Å². The van der Waals surface area contributed by atoms with Crippen LogP contribution in [-0.4, -0.2) is 25.3 Å². The molecule has 7 heteroatoms. The normalized spacial score (nSPS) is 10.8. The highest BCUT2D eigenvalue weighted by molar-refractivity contribution is 6.30. The van der Waals surface area contributed by atoms with Crippen LogP contribution in [0.15, 0.2) is 85.5 Å². The van der Waals surface area contributed by atoms with Gasteiger partial charge in [0.25, 0.3) is 5.91 Å². The highest BCUT2D eigenvalue weighted by atomic mass is 35.5. The van der Waals surface area contributed by atoms with Crippen LogP contribution in [0.5, 0.6) is 0 Å². The first-order chi connectivity index (χ1) is 15.1. The fourth-order valence-electron chi connectivity index (χ4n) is 3.28. The maximum Gasteiger partial charge on any atom is 0.254 e. The summed E-state index contributed by atoms with van der Waals surface area (Å²) in [6.45, 7) is 1.23. The molecule has 0 saturated heterocycles. The molecule has 2 heterocycles. The predicted molar refractivity (Wildman–Crippen MR) is 117 cm³/mol. The number of hydrogen-bond donors (Lipinski definition) is 0. The zero-order chi connectivity index (χ0) is 21.6. The van der Waals surface area contributed by atoms with Gasteiger partial charge >= 0.3 is 0 Å². The van der Waals surface area contributed by atoms with E-state index >= 15 is 0 Å². The molecule has 0 N–H and O–H groups in total. The maximum atomic E-state index is 13.3. The van der Waals surface area contributed by atoms with Crippen LogP contribution < -0.4 is 0 Å². The lowest BCUT2D eigenvalue weighted by molar-refractivity contribution is 0.0723. The number of carbonyl (C=O) groups is 1. The van der Waals surface area contributed by atoms with Gasteiger partial charge in [-0.1, -0.05) is 29.8 Å². The van der Waals surface area contributed by atoms with Crippen molar-refractivity contribution in [3.05, 3.63) is 119 Å². The molecule has 2 aromatic heterocycles. The van der Waals surface area contributed by atoms with Crippen LogP contribution in [-0.2, 0) is 19.6 Å². The van der Waals surface area contributed by atoms with Gasteiger partial charge in [-0.25, -0.2) is 9.37 Å². The second-order valence-corrected chi connectivity index (χ2v) is 7.56. The van der Waals surface area contributed by atoms with E-state index in [9.17, 15) is 9.18 Å². The molecule has 0 fully saturated rings. The smallest absolute Gasteiger partial charge is 0.254 e. The van der Waals surface area contributed by atoms with Crippen molar-refractivity contribution in [3.8, 4) is 0 Å². The van der Waals surface area contributed by atoms with Crippen LogP contribution in [0.4, 0.5) is 4.39 Å². The van der Waals surface area contributed by atoms with Gasteiger partial charge in [-0.15, -0.1) is 0 Å². The van der Waals surface area contributed by atoms with Gasteiger partial charge in [-0.3, -0.25) is 9.78 Å². The van der Waals surface area contributed by atoms with Gasteiger partial charge in [0.1, 0.15) is 11.6 Å². The first-order valence-electron chi connectivity index (χ1n) is 9.77. The van der Waals surface area contributed by atoms with Gasteiger partial charge < -0.3 is 9.47 Å². The Labute approximate surface area is 184 Å². The Morgan fingerprint density at radius 1 is 0.968 bits per heavy atom. The molecule has 2 aromatic carbocycles. The van der Waals surface area contributed by atoms with Crippen molar-refractivity contribution in [2.75, 3.05) is 0 Å². The summed E-state index contributed by atoms with van der Waals surface area (Å²) in [5.41, 5.74) is 2.41. The number of nitrogens with zero attached hydrogens (tertiary/aromatic N) is 4. The molecule has 31 heavy (non-hydrogen) atoms. The average Bonchev–Trinajstić information content (AvgIpc) is 3.22. The number of carbonyl (C=O) groups excluding carboxylic acids is 1. The molecule has 4 aromatic rings. The molecule has 0 aliphatic carbocycles. The molecule has 0 saturated carbocycles. The molecule has 5 nitrogen and oxygen atoms in total.